The molecule has 0 aliphatic rings. The van der Waals surface area contributed by atoms with E-state index in [0.29, 0.717) is 18.5 Å². The fourth-order valence-corrected chi connectivity index (χ4v) is 0.923. The van der Waals surface area contributed by atoms with Crippen LogP contribution >= 0.6 is 12.4 Å². The summed E-state index contributed by atoms with van der Waals surface area (Å²) in [7, 11) is 0. The summed E-state index contributed by atoms with van der Waals surface area (Å²) in [4.78, 5) is 11.2. The van der Waals surface area contributed by atoms with Crippen molar-refractivity contribution in [3.8, 4) is 5.75 Å². The molecule has 0 saturated carbocycles. The van der Waals surface area contributed by atoms with Gasteiger partial charge in [0.2, 0.25) is 0 Å². The highest BCUT2D eigenvalue weighted by Gasteiger charge is 2.02. The van der Waals surface area contributed by atoms with Crippen molar-refractivity contribution >= 4 is 18.2 Å². The van der Waals surface area contributed by atoms with Gasteiger partial charge in [0.1, 0.15) is 5.75 Å². The van der Waals surface area contributed by atoms with Gasteiger partial charge in [-0.05, 0) is 30.8 Å². The number of phenolic OH excluding ortho intramolecular Hbond substituents is 1. The van der Waals surface area contributed by atoms with Crippen molar-refractivity contribution in [3.63, 3.8) is 0 Å². The predicted octanol–water partition coefficient (Wildman–Crippen LogP) is 1.35. The van der Waals surface area contributed by atoms with E-state index in [1.807, 2.05) is 0 Å². The van der Waals surface area contributed by atoms with Crippen LogP contribution in [0.5, 0.6) is 5.75 Å². The van der Waals surface area contributed by atoms with Gasteiger partial charge in [-0.15, -0.1) is 12.4 Å². The van der Waals surface area contributed by atoms with E-state index in [1.165, 1.54) is 12.1 Å². The van der Waals surface area contributed by atoms with E-state index in [0.717, 1.165) is 0 Å². The number of halogens is 1. The van der Waals surface area contributed by atoms with Crippen LogP contribution in [0.2, 0.25) is 0 Å². The van der Waals surface area contributed by atoms with Crippen LogP contribution in [0.3, 0.4) is 0 Å². The largest absolute Gasteiger partial charge is 0.508 e. The predicted molar refractivity (Wildman–Crippen MR) is 53.4 cm³/mol. The molecule has 0 radical (unpaired) electrons. The molecule has 0 aliphatic heterocycles. The van der Waals surface area contributed by atoms with Gasteiger partial charge in [-0.3, -0.25) is 4.79 Å². The molecule has 1 rings (SSSR count). The molecule has 0 spiro atoms. The smallest absolute Gasteiger partial charge is 0.164 e. The van der Waals surface area contributed by atoms with Crippen molar-refractivity contribution in [1.29, 1.82) is 0 Å². The first-order valence-corrected chi connectivity index (χ1v) is 3.76. The Labute approximate surface area is 83.0 Å². The number of ketones is 1. The highest BCUT2D eigenvalue weighted by atomic mass is 35.5. The summed E-state index contributed by atoms with van der Waals surface area (Å²) >= 11 is 0. The first-order valence-electron chi connectivity index (χ1n) is 3.76. The number of aromatic hydroxyl groups is 1. The minimum Gasteiger partial charge on any atom is -0.508 e. The maximum Gasteiger partial charge on any atom is 0.164 e. The van der Waals surface area contributed by atoms with Crippen LogP contribution in [0.25, 0.3) is 0 Å². The van der Waals surface area contributed by atoms with Crippen LogP contribution in [0.15, 0.2) is 24.3 Å². The number of phenols is 1. The van der Waals surface area contributed by atoms with E-state index in [-0.39, 0.29) is 23.9 Å². The van der Waals surface area contributed by atoms with Crippen LogP contribution in [0, 0.1) is 0 Å². The average molecular weight is 202 g/mol. The first-order chi connectivity index (χ1) is 5.74. The molecule has 0 amide bonds. The minimum absolute atomic E-state index is 0. The molecule has 0 atom stereocenters. The Hall–Kier alpha value is -1.06. The lowest BCUT2D eigenvalue weighted by atomic mass is 10.1. The van der Waals surface area contributed by atoms with Crippen molar-refractivity contribution in [1.82, 2.24) is 0 Å². The van der Waals surface area contributed by atoms with Gasteiger partial charge in [-0.1, -0.05) is 0 Å². The molecule has 0 unspecified atom stereocenters. The van der Waals surface area contributed by atoms with Gasteiger partial charge in [0.25, 0.3) is 0 Å². The van der Waals surface area contributed by atoms with Crippen molar-refractivity contribution in [2.75, 3.05) is 6.54 Å². The summed E-state index contributed by atoms with van der Waals surface area (Å²) in [5.41, 5.74) is 5.82. The number of benzene rings is 1. The van der Waals surface area contributed by atoms with E-state index in [2.05, 4.69) is 0 Å². The highest BCUT2D eigenvalue weighted by molar-refractivity contribution is 5.96. The summed E-state index contributed by atoms with van der Waals surface area (Å²) in [5, 5.41) is 8.93. The number of rotatable bonds is 3. The molecule has 13 heavy (non-hydrogen) atoms. The van der Waals surface area contributed by atoms with Gasteiger partial charge >= 0.3 is 0 Å². The Morgan fingerprint density at radius 1 is 1.31 bits per heavy atom. The summed E-state index contributed by atoms with van der Waals surface area (Å²) < 4.78 is 0. The van der Waals surface area contributed by atoms with Crippen molar-refractivity contribution in [2.24, 2.45) is 5.73 Å². The molecule has 0 bridgehead atoms. The molecule has 0 aromatic heterocycles. The molecule has 1 aromatic rings. The Kier molecular flexibility index (Phi) is 5.11. The van der Waals surface area contributed by atoms with Gasteiger partial charge in [-0.25, -0.2) is 0 Å². The summed E-state index contributed by atoms with van der Waals surface area (Å²) in [6.45, 7) is 0.361. The molecular formula is C9H12ClNO2. The molecule has 0 aliphatic carbocycles. The summed E-state index contributed by atoms with van der Waals surface area (Å²) in [6.07, 6.45) is 0.352. The van der Waals surface area contributed by atoms with Crippen LogP contribution < -0.4 is 5.73 Å². The van der Waals surface area contributed by atoms with E-state index in [1.54, 1.807) is 12.1 Å². The molecule has 1 aromatic carbocycles. The molecule has 4 heteroatoms. The lowest BCUT2D eigenvalue weighted by Crippen LogP contribution is -2.07. The van der Waals surface area contributed by atoms with Crippen molar-refractivity contribution in [3.05, 3.63) is 29.8 Å². The van der Waals surface area contributed by atoms with Crippen LogP contribution in [0.4, 0.5) is 0 Å². The Morgan fingerprint density at radius 2 is 1.85 bits per heavy atom. The second-order valence-electron chi connectivity index (χ2n) is 2.51. The zero-order valence-electron chi connectivity index (χ0n) is 7.06. The molecule has 3 N–H and O–H groups in total. The molecule has 72 valence electrons. The molecule has 3 nitrogen and oxygen atoms in total. The zero-order chi connectivity index (χ0) is 8.97. The lowest BCUT2D eigenvalue weighted by molar-refractivity contribution is 0.0985. The number of hydrogen-bond donors (Lipinski definition) is 2. The van der Waals surface area contributed by atoms with Gasteiger partial charge in [0.15, 0.2) is 5.78 Å². The molecule has 0 fully saturated rings. The Balaban J connectivity index is 0.00000144. The summed E-state index contributed by atoms with van der Waals surface area (Å²) in [6, 6.07) is 6.16. The van der Waals surface area contributed by atoms with E-state index in [9.17, 15) is 4.79 Å². The fourth-order valence-electron chi connectivity index (χ4n) is 0.923. The monoisotopic (exact) mass is 201 g/mol. The quantitative estimate of drug-likeness (QED) is 0.726. The maximum absolute atomic E-state index is 11.2. The SMILES string of the molecule is Cl.NCCC(=O)c1ccc(O)cc1. The Bertz CT molecular complexity index is 271. The van der Waals surface area contributed by atoms with Crippen LogP contribution in [-0.2, 0) is 0 Å². The second-order valence-corrected chi connectivity index (χ2v) is 2.51. The van der Waals surface area contributed by atoms with Gasteiger partial charge < -0.3 is 10.8 Å². The number of Topliss-reactive ketones (excluding diaryl/α,β-unsaturated/α-hetero) is 1. The van der Waals surface area contributed by atoms with Gasteiger partial charge in [0.05, 0.1) is 0 Å². The number of hydrogen-bond acceptors (Lipinski definition) is 3. The fraction of sp³-hybridized carbons (Fsp3) is 0.222. The number of nitrogens with two attached hydrogens (primary N) is 1. The zero-order valence-corrected chi connectivity index (χ0v) is 7.88. The third-order valence-electron chi connectivity index (χ3n) is 1.56. The maximum atomic E-state index is 11.2. The van der Waals surface area contributed by atoms with Crippen molar-refractivity contribution in [2.45, 2.75) is 6.42 Å². The summed E-state index contributed by atoms with van der Waals surface area (Å²) in [5.74, 6) is 0.178. The first kappa shape index (κ1) is 11.9. The highest BCUT2D eigenvalue weighted by Crippen LogP contribution is 2.10. The average Bonchev–Trinajstić information content (AvgIpc) is 2.06. The second kappa shape index (κ2) is 5.56. The normalized spacial score (nSPS) is 9.00. The van der Waals surface area contributed by atoms with Gasteiger partial charge in [-0.2, -0.15) is 0 Å². The Morgan fingerprint density at radius 3 is 2.31 bits per heavy atom. The standard InChI is InChI=1S/C9H11NO2.ClH/c10-6-5-9(12)7-1-3-8(11)4-2-7;/h1-4,11H,5-6,10H2;1H. The van der Waals surface area contributed by atoms with E-state index in [4.69, 9.17) is 10.8 Å². The van der Waals surface area contributed by atoms with Crippen molar-refractivity contribution < 1.29 is 9.90 Å². The number of carbonyl (C=O) groups excluding carboxylic acids is 1. The van der Waals surface area contributed by atoms with Crippen LogP contribution in [-0.4, -0.2) is 17.4 Å². The minimum atomic E-state index is 0. The number of carbonyl (C=O) groups is 1. The third-order valence-corrected chi connectivity index (χ3v) is 1.56. The van der Waals surface area contributed by atoms with E-state index < -0.39 is 0 Å². The lowest BCUT2D eigenvalue weighted by Gasteiger charge is -1.98. The molecular weight excluding hydrogens is 190 g/mol. The topological polar surface area (TPSA) is 63.3 Å². The molecule has 0 heterocycles. The van der Waals surface area contributed by atoms with Gasteiger partial charge in [0, 0.05) is 12.0 Å². The van der Waals surface area contributed by atoms with E-state index >= 15 is 0 Å². The third kappa shape index (κ3) is 3.44. The van der Waals surface area contributed by atoms with Crippen LogP contribution in [0.1, 0.15) is 16.8 Å². The molecule has 0 saturated heterocycles.